The smallest absolute Gasteiger partial charge is 0.337 e. The normalized spacial score (nSPS) is 10.3. The Morgan fingerprint density at radius 2 is 1.00 bits per heavy atom. The Bertz CT molecular complexity index is 1620. The van der Waals surface area contributed by atoms with E-state index in [1.54, 1.807) is 24.3 Å². The number of carbonyl (C=O) groups is 3. The van der Waals surface area contributed by atoms with Gasteiger partial charge in [0.1, 0.15) is 0 Å². The van der Waals surface area contributed by atoms with Gasteiger partial charge in [0.05, 0.1) is 37.5 Å². The van der Waals surface area contributed by atoms with Crippen LogP contribution in [0.4, 0.5) is 11.4 Å². The van der Waals surface area contributed by atoms with Crippen molar-refractivity contribution in [2.75, 3.05) is 38.1 Å². The minimum absolute atomic E-state index is 0.0543. The molecular weight excluding hydrogens is 572 g/mol. The van der Waals surface area contributed by atoms with E-state index in [-0.39, 0.29) is 17.7 Å². The summed E-state index contributed by atoms with van der Waals surface area (Å²) in [6, 6.07) is 26.2. The van der Waals surface area contributed by atoms with E-state index in [4.69, 9.17) is 4.74 Å². The van der Waals surface area contributed by atoms with Crippen LogP contribution in [0.25, 0.3) is 0 Å². The van der Waals surface area contributed by atoms with Crippen LogP contribution in [0.3, 0.4) is 0 Å². The lowest BCUT2D eigenvalue weighted by Gasteiger charge is -2.21. The fraction of sp³-hybridized carbons (Fsp3) is 0.250. The molecule has 0 saturated heterocycles. The van der Waals surface area contributed by atoms with E-state index in [0.717, 1.165) is 17.8 Å². The van der Waals surface area contributed by atoms with Crippen molar-refractivity contribution in [3.8, 4) is 0 Å². The maximum atomic E-state index is 11.7. The lowest BCUT2D eigenvalue weighted by atomic mass is 10.1. The molecule has 0 aliphatic carbocycles. The Morgan fingerprint density at radius 3 is 1.40 bits per heavy atom. The zero-order valence-electron chi connectivity index (χ0n) is 26.5. The van der Waals surface area contributed by atoms with Crippen molar-refractivity contribution in [3.05, 3.63) is 129 Å². The quantitative estimate of drug-likeness (QED) is 0.207. The summed E-state index contributed by atoms with van der Waals surface area (Å²) in [5.74, 6) is -2.04. The van der Waals surface area contributed by atoms with Crippen molar-refractivity contribution in [2.24, 2.45) is 0 Å². The predicted molar refractivity (Wildman–Crippen MR) is 175 cm³/mol. The van der Waals surface area contributed by atoms with Crippen LogP contribution in [0.2, 0.25) is 0 Å². The number of carbonyl (C=O) groups excluding carboxylic acids is 2. The van der Waals surface area contributed by atoms with E-state index >= 15 is 0 Å². The van der Waals surface area contributed by atoms with E-state index in [2.05, 4.69) is 35.9 Å². The van der Waals surface area contributed by atoms with Crippen molar-refractivity contribution in [1.29, 1.82) is 0 Å². The summed E-state index contributed by atoms with van der Waals surface area (Å²) in [4.78, 5) is 38.6. The zero-order valence-corrected chi connectivity index (χ0v) is 26.5. The van der Waals surface area contributed by atoms with Crippen LogP contribution in [-0.4, -0.2) is 56.4 Å². The van der Waals surface area contributed by atoms with E-state index in [1.807, 2.05) is 61.2 Å². The molecule has 0 fully saturated rings. The number of methoxy groups -OCH3 is 2. The third-order valence-electron chi connectivity index (χ3n) is 7.13. The van der Waals surface area contributed by atoms with Crippen LogP contribution in [0.5, 0.6) is 0 Å². The van der Waals surface area contributed by atoms with Gasteiger partial charge >= 0.3 is 17.9 Å². The standard InChI is InChI=1S/C18H19NO4.C18H21NO3/c1-12-4-6-13(7-5-12)11-19(2)16-9-14(17(20)21)8-15(10-16)18(22)23-3;1-13-4-6-14(7-5-13)11-19(2)17-9-15(12-20)8-16(10-17)18(21)22-3/h4-10H,11H2,1-3H3,(H,20,21);4-10,20H,11-12H2,1-3H3. The maximum Gasteiger partial charge on any atom is 0.337 e. The molecule has 0 aliphatic rings. The van der Waals surface area contributed by atoms with Crippen molar-refractivity contribution < 1.29 is 34.1 Å². The van der Waals surface area contributed by atoms with Gasteiger partial charge < -0.3 is 29.5 Å². The number of nitrogens with zero attached hydrogens (tertiary/aromatic N) is 2. The third kappa shape index (κ3) is 9.94. The molecule has 0 unspecified atom stereocenters. The molecule has 0 bridgehead atoms. The summed E-state index contributed by atoms with van der Waals surface area (Å²) in [6.45, 7) is 5.28. The van der Waals surface area contributed by atoms with Gasteiger partial charge in [-0.15, -0.1) is 0 Å². The molecule has 0 aliphatic heterocycles. The average molecular weight is 613 g/mol. The monoisotopic (exact) mass is 612 g/mol. The highest BCUT2D eigenvalue weighted by Crippen LogP contribution is 2.23. The summed E-state index contributed by atoms with van der Waals surface area (Å²) in [5.41, 5.74) is 7.60. The molecule has 0 amide bonds. The minimum Gasteiger partial charge on any atom is -0.478 e. The summed E-state index contributed by atoms with van der Waals surface area (Å²) in [6.07, 6.45) is 0. The number of esters is 2. The van der Waals surface area contributed by atoms with E-state index in [9.17, 15) is 24.6 Å². The lowest BCUT2D eigenvalue weighted by molar-refractivity contribution is 0.0591. The van der Waals surface area contributed by atoms with Gasteiger partial charge in [0.15, 0.2) is 0 Å². The van der Waals surface area contributed by atoms with Crippen LogP contribution in [0, 0.1) is 13.8 Å². The Balaban J connectivity index is 0.000000246. The highest BCUT2D eigenvalue weighted by Gasteiger charge is 2.15. The van der Waals surface area contributed by atoms with Gasteiger partial charge in [-0.2, -0.15) is 0 Å². The number of ether oxygens (including phenoxy) is 2. The number of anilines is 2. The van der Waals surface area contributed by atoms with Gasteiger partial charge in [0, 0.05) is 38.6 Å². The molecule has 9 heteroatoms. The molecule has 0 radical (unpaired) electrons. The van der Waals surface area contributed by atoms with Crippen LogP contribution in [0.15, 0.2) is 84.9 Å². The number of rotatable bonds is 10. The van der Waals surface area contributed by atoms with E-state index < -0.39 is 17.9 Å². The van der Waals surface area contributed by atoms with Gasteiger partial charge in [-0.1, -0.05) is 59.7 Å². The van der Waals surface area contributed by atoms with Gasteiger partial charge in [-0.25, -0.2) is 14.4 Å². The molecule has 0 atom stereocenters. The second-order valence-corrected chi connectivity index (χ2v) is 10.8. The number of hydrogen-bond donors (Lipinski definition) is 2. The summed E-state index contributed by atoms with van der Waals surface area (Å²) < 4.78 is 9.45. The number of hydrogen-bond acceptors (Lipinski definition) is 8. The second-order valence-electron chi connectivity index (χ2n) is 10.8. The number of aliphatic hydroxyl groups is 1. The fourth-order valence-corrected chi connectivity index (χ4v) is 4.53. The van der Waals surface area contributed by atoms with Crippen LogP contribution in [-0.2, 0) is 29.2 Å². The molecule has 2 N–H and O–H groups in total. The molecule has 0 saturated carbocycles. The molecule has 0 aromatic heterocycles. The van der Waals surface area contributed by atoms with Crippen LogP contribution >= 0.6 is 0 Å². The molecule has 4 rings (SSSR count). The minimum atomic E-state index is -1.08. The molecule has 4 aromatic carbocycles. The summed E-state index contributed by atoms with van der Waals surface area (Å²) in [7, 11) is 6.42. The van der Waals surface area contributed by atoms with Crippen molar-refractivity contribution in [3.63, 3.8) is 0 Å². The first-order valence-electron chi connectivity index (χ1n) is 14.3. The summed E-state index contributed by atoms with van der Waals surface area (Å²) in [5, 5.41) is 18.6. The Hall–Kier alpha value is -5.15. The number of aromatic carboxylic acids is 1. The van der Waals surface area contributed by atoms with Crippen molar-refractivity contribution >= 4 is 29.3 Å². The molecule has 0 spiro atoms. The van der Waals surface area contributed by atoms with Crippen molar-refractivity contribution in [1.82, 2.24) is 0 Å². The van der Waals surface area contributed by atoms with Crippen LogP contribution < -0.4 is 9.80 Å². The number of benzene rings is 4. The first kappa shape index (κ1) is 34.3. The molecule has 236 valence electrons. The molecule has 9 nitrogen and oxygen atoms in total. The first-order chi connectivity index (χ1) is 21.4. The molecular formula is C36H40N2O7. The third-order valence-corrected chi connectivity index (χ3v) is 7.13. The fourth-order valence-electron chi connectivity index (χ4n) is 4.53. The SMILES string of the molecule is COC(=O)c1cc(C(=O)O)cc(N(C)Cc2ccc(C)cc2)c1.COC(=O)c1cc(CO)cc(N(C)Cc2ccc(C)cc2)c1. The Labute approximate surface area is 264 Å². The van der Waals surface area contributed by atoms with Crippen LogP contribution in [0.1, 0.15) is 58.9 Å². The van der Waals surface area contributed by atoms with Crippen molar-refractivity contribution in [2.45, 2.75) is 33.5 Å². The predicted octanol–water partition coefficient (Wildman–Crippen LogP) is 6.03. The number of aliphatic hydroxyl groups excluding tert-OH is 1. The van der Waals surface area contributed by atoms with Gasteiger partial charge in [-0.05, 0) is 66.9 Å². The number of aryl methyl sites for hydroxylation is 2. The van der Waals surface area contributed by atoms with E-state index in [1.165, 1.54) is 37.0 Å². The summed E-state index contributed by atoms with van der Waals surface area (Å²) >= 11 is 0. The molecule has 0 heterocycles. The highest BCUT2D eigenvalue weighted by molar-refractivity contribution is 5.96. The highest BCUT2D eigenvalue weighted by atomic mass is 16.5. The van der Waals surface area contributed by atoms with E-state index in [0.29, 0.717) is 23.4 Å². The van der Waals surface area contributed by atoms with Gasteiger partial charge in [0.2, 0.25) is 0 Å². The largest absolute Gasteiger partial charge is 0.478 e. The zero-order chi connectivity index (χ0) is 33.1. The van der Waals surface area contributed by atoms with Gasteiger partial charge in [0.25, 0.3) is 0 Å². The number of carboxylic acids is 1. The maximum absolute atomic E-state index is 11.7. The molecule has 45 heavy (non-hydrogen) atoms. The molecule has 4 aromatic rings. The average Bonchev–Trinajstić information content (AvgIpc) is 3.05. The topological polar surface area (TPSA) is 117 Å². The Morgan fingerprint density at radius 1 is 0.600 bits per heavy atom. The second kappa shape index (κ2) is 16.1. The first-order valence-corrected chi connectivity index (χ1v) is 14.3. The number of carboxylic acid groups (broad SMARTS) is 1. The van der Waals surface area contributed by atoms with Gasteiger partial charge in [-0.3, -0.25) is 0 Å². The Kier molecular flexibility index (Phi) is 12.3. The lowest BCUT2D eigenvalue weighted by Crippen LogP contribution is -2.18.